The summed E-state index contributed by atoms with van der Waals surface area (Å²) in [4.78, 5) is 17.3. The van der Waals surface area contributed by atoms with E-state index >= 15 is 0 Å². The van der Waals surface area contributed by atoms with Crippen LogP contribution in [0, 0.1) is 5.82 Å². The number of hydrogen-bond acceptors (Lipinski definition) is 6. The maximum Gasteiger partial charge on any atom is 0.490 e. The molecule has 0 saturated heterocycles. The summed E-state index contributed by atoms with van der Waals surface area (Å²) >= 11 is 11.6. The van der Waals surface area contributed by atoms with Crippen molar-refractivity contribution in [3.05, 3.63) is 40.1 Å². The smallest absolute Gasteiger partial charge is 0.490 e. The number of fused-ring (bicyclic) bond motifs is 1. The maximum absolute atomic E-state index is 14.3. The molecule has 0 aliphatic carbocycles. The highest BCUT2D eigenvalue weighted by Gasteiger charge is 2.38. The van der Waals surface area contributed by atoms with Crippen LogP contribution in [-0.2, 0) is 4.79 Å². The Kier molecular flexibility index (Phi) is 6.78. The first-order valence-corrected chi connectivity index (χ1v) is 8.47. The van der Waals surface area contributed by atoms with Gasteiger partial charge in [-0.15, -0.1) is 0 Å². The number of benzene rings is 2. The first kappa shape index (κ1) is 23.2. The molecule has 1 heterocycles. The largest absolute Gasteiger partial charge is 0.495 e. The Balaban J connectivity index is 0.000000396. The fourth-order valence-electron chi connectivity index (χ4n) is 2.19. The van der Waals surface area contributed by atoms with E-state index < -0.39 is 18.0 Å². The zero-order valence-electron chi connectivity index (χ0n) is 14.9. The number of nitrogen functional groups attached to an aromatic ring is 2. The van der Waals surface area contributed by atoms with Crippen LogP contribution in [0.25, 0.3) is 22.3 Å². The number of carboxylic acids is 1. The summed E-state index contributed by atoms with van der Waals surface area (Å²) in [7, 11) is 1.49. The highest BCUT2D eigenvalue weighted by atomic mass is 35.5. The van der Waals surface area contributed by atoms with Gasteiger partial charge >= 0.3 is 12.1 Å². The first-order chi connectivity index (χ1) is 13.9. The lowest BCUT2D eigenvalue weighted by Gasteiger charge is -2.10. The minimum absolute atomic E-state index is 0.0953. The monoisotopic (exact) mass is 466 g/mol. The minimum atomic E-state index is -5.08. The molecule has 3 aromatic rings. The lowest BCUT2D eigenvalue weighted by molar-refractivity contribution is -0.192. The molecule has 0 radical (unpaired) electrons. The molecule has 5 N–H and O–H groups in total. The number of hydrogen-bond donors (Lipinski definition) is 3. The summed E-state index contributed by atoms with van der Waals surface area (Å²) in [5.74, 6) is -2.76. The van der Waals surface area contributed by atoms with Gasteiger partial charge in [0.05, 0.1) is 33.9 Å². The van der Waals surface area contributed by atoms with E-state index in [1.54, 1.807) is 12.1 Å². The molecule has 7 nitrogen and oxygen atoms in total. The molecule has 0 bridgehead atoms. The fourth-order valence-corrected chi connectivity index (χ4v) is 2.50. The van der Waals surface area contributed by atoms with Crippen LogP contribution in [0.5, 0.6) is 5.75 Å². The van der Waals surface area contributed by atoms with Crippen LogP contribution in [0.4, 0.5) is 29.1 Å². The molecule has 3 rings (SSSR count). The third-order valence-corrected chi connectivity index (χ3v) is 4.38. The van der Waals surface area contributed by atoms with Gasteiger partial charge in [-0.05, 0) is 18.2 Å². The Morgan fingerprint density at radius 3 is 2.30 bits per heavy atom. The number of alkyl halides is 3. The van der Waals surface area contributed by atoms with Gasteiger partial charge in [-0.3, -0.25) is 0 Å². The van der Waals surface area contributed by atoms with Crippen molar-refractivity contribution in [2.24, 2.45) is 0 Å². The number of aliphatic carboxylic acids is 1. The summed E-state index contributed by atoms with van der Waals surface area (Å²) in [5.41, 5.74) is 12.8. The van der Waals surface area contributed by atoms with Gasteiger partial charge in [0.25, 0.3) is 0 Å². The van der Waals surface area contributed by atoms with Crippen molar-refractivity contribution >= 4 is 51.6 Å². The van der Waals surface area contributed by atoms with E-state index in [-0.39, 0.29) is 27.3 Å². The van der Waals surface area contributed by atoms with Crippen molar-refractivity contribution in [3.63, 3.8) is 0 Å². The van der Waals surface area contributed by atoms with Crippen molar-refractivity contribution in [1.82, 2.24) is 9.97 Å². The topological polar surface area (TPSA) is 124 Å². The van der Waals surface area contributed by atoms with Crippen LogP contribution < -0.4 is 16.2 Å². The third kappa shape index (κ3) is 4.92. The van der Waals surface area contributed by atoms with Gasteiger partial charge in [0.1, 0.15) is 11.6 Å². The van der Waals surface area contributed by atoms with E-state index in [2.05, 4.69) is 9.97 Å². The van der Waals surface area contributed by atoms with Gasteiger partial charge in [0.2, 0.25) is 0 Å². The highest BCUT2D eigenvalue weighted by Crippen LogP contribution is 2.34. The number of ether oxygens (including phenoxy) is 1. The second kappa shape index (κ2) is 8.76. The molecule has 0 amide bonds. The molecule has 13 heteroatoms. The molecule has 1 aromatic heterocycles. The summed E-state index contributed by atoms with van der Waals surface area (Å²) in [6.45, 7) is 0. The highest BCUT2D eigenvalue weighted by molar-refractivity contribution is 6.42. The zero-order valence-corrected chi connectivity index (χ0v) is 16.4. The SMILES string of the molecule is COc1cc2nc(-c3ccc(Cl)c(Cl)c3F)nc(N)c2cc1N.O=C(O)C(F)(F)F. The number of nitrogens with two attached hydrogens (primary N) is 2. The van der Waals surface area contributed by atoms with Crippen molar-refractivity contribution in [2.75, 3.05) is 18.6 Å². The fraction of sp³-hybridized carbons (Fsp3) is 0.118. The standard InChI is InChI=1S/C15H11Cl2FN4O.C2HF3O2/c1-23-11-5-10-7(4-9(11)19)14(20)22-15(21-10)6-2-3-8(16)12(17)13(6)18;3-2(4,5)1(6)7/h2-5H,19H2,1H3,(H2,20,21,22);(H,6,7). The van der Waals surface area contributed by atoms with E-state index in [9.17, 15) is 17.6 Å². The Hall–Kier alpha value is -3.05. The first-order valence-electron chi connectivity index (χ1n) is 7.71. The Morgan fingerprint density at radius 1 is 1.17 bits per heavy atom. The molecular weight excluding hydrogens is 455 g/mol. The van der Waals surface area contributed by atoms with Crippen molar-refractivity contribution in [3.8, 4) is 17.1 Å². The van der Waals surface area contributed by atoms with Crippen LogP contribution in [0.15, 0.2) is 24.3 Å². The predicted molar refractivity (Wildman–Crippen MR) is 104 cm³/mol. The minimum Gasteiger partial charge on any atom is -0.495 e. The molecule has 0 saturated carbocycles. The number of rotatable bonds is 2. The molecule has 0 fully saturated rings. The van der Waals surface area contributed by atoms with Gasteiger partial charge in [0.15, 0.2) is 11.6 Å². The second-order valence-corrected chi connectivity index (χ2v) is 6.35. The van der Waals surface area contributed by atoms with Gasteiger partial charge in [-0.2, -0.15) is 13.2 Å². The van der Waals surface area contributed by atoms with Crippen molar-refractivity contribution in [2.45, 2.75) is 6.18 Å². The van der Waals surface area contributed by atoms with Gasteiger partial charge < -0.3 is 21.3 Å². The average Bonchev–Trinajstić information content (AvgIpc) is 2.66. The molecule has 2 aromatic carbocycles. The summed E-state index contributed by atoms with van der Waals surface area (Å²) < 4.78 is 51.2. The Morgan fingerprint density at radius 2 is 1.77 bits per heavy atom. The molecule has 30 heavy (non-hydrogen) atoms. The number of nitrogens with zero attached hydrogens (tertiary/aromatic N) is 2. The summed E-state index contributed by atoms with van der Waals surface area (Å²) in [5, 5.41) is 7.59. The molecular formula is C17H12Cl2F4N4O3. The molecule has 0 atom stereocenters. The van der Waals surface area contributed by atoms with Crippen molar-refractivity contribution in [1.29, 1.82) is 0 Å². The van der Waals surface area contributed by atoms with E-state index in [1.807, 2.05) is 0 Å². The zero-order chi connectivity index (χ0) is 22.8. The third-order valence-electron chi connectivity index (χ3n) is 3.60. The van der Waals surface area contributed by atoms with E-state index in [0.717, 1.165) is 0 Å². The molecule has 0 aliphatic rings. The maximum atomic E-state index is 14.3. The van der Waals surface area contributed by atoms with Gasteiger partial charge in [-0.25, -0.2) is 19.2 Å². The normalized spacial score (nSPS) is 11.0. The average molecular weight is 467 g/mol. The quantitative estimate of drug-likeness (QED) is 0.287. The number of aromatic nitrogens is 2. The van der Waals surface area contributed by atoms with Crippen molar-refractivity contribution < 1.29 is 32.2 Å². The van der Waals surface area contributed by atoms with E-state index in [1.165, 1.54) is 19.2 Å². The van der Waals surface area contributed by atoms with Crippen LogP contribution >= 0.6 is 23.2 Å². The summed E-state index contributed by atoms with van der Waals surface area (Å²) in [6.07, 6.45) is -5.08. The van der Waals surface area contributed by atoms with Crippen LogP contribution in [-0.4, -0.2) is 34.3 Å². The van der Waals surface area contributed by atoms with Gasteiger partial charge in [0, 0.05) is 11.5 Å². The lowest BCUT2D eigenvalue weighted by Crippen LogP contribution is -2.21. The number of methoxy groups -OCH3 is 1. The second-order valence-electron chi connectivity index (χ2n) is 5.57. The van der Waals surface area contributed by atoms with E-state index in [0.29, 0.717) is 22.3 Å². The molecule has 0 unspecified atom stereocenters. The van der Waals surface area contributed by atoms with Crippen LogP contribution in [0.1, 0.15) is 0 Å². The molecule has 160 valence electrons. The number of carbonyl (C=O) groups is 1. The number of halogens is 6. The van der Waals surface area contributed by atoms with Crippen LogP contribution in [0.2, 0.25) is 10.0 Å². The summed E-state index contributed by atoms with van der Waals surface area (Å²) in [6, 6.07) is 6.13. The van der Waals surface area contributed by atoms with Crippen LogP contribution in [0.3, 0.4) is 0 Å². The number of anilines is 2. The lowest BCUT2D eigenvalue weighted by atomic mass is 10.1. The molecule has 0 spiro atoms. The Labute approximate surface area is 176 Å². The number of carboxylic acid groups (broad SMARTS) is 1. The molecule has 0 aliphatic heterocycles. The van der Waals surface area contributed by atoms with Gasteiger partial charge in [-0.1, -0.05) is 23.2 Å². The van der Waals surface area contributed by atoms with E-state index in [4.69, 9.17) is 49.3 Å². The Bertz CT molecular complexity index is 1130. The predicted octanol–water partition coefficient (Wildman–Crippen LogP) is 4.55.